The molecule has 0 aliphatic carbocycles. The van der Waals surface area contributed by atoms with Crippen LogP contribution in [0.5, 0.6) is 0 Å². The fraction of sp³-hybridized carbons (Fsp3) is 0.0215. The van der Waals surface area contributed by atoms with Crippen LogP contribution in [0, 0.1) is 18.3 Å². The van der Waals surface area contributed by atoms with Crippen molar-refractivity contribution >= 4 is 131 Å². The number of benzene rings is 15. The minimum atomic E-state index is -4.59. The van der Waals surface area contributed by atoms with E-state index in [0.717, 1.165) is 176 Å². The molecular formula is C93H56F3N7. The fourth-order valence-electron chi connectivity index (χ4n) is 17.1. The van der Waals surface area contributed by atoms with Crippen LogP contribution in [0.3, 0.4) is 0 Å². The highest BCUT2D eigenvalue weighted by atomic mass is 19.4. The molecule has 21 aromatic rings. The lowest BCUT2D eigenvalue weighted by molar-refractivity contribution is -0.137. The summed E-state index contributed by atoms with van der Waals surface area (Å²) in [7, 11) is 0. The maximum absolute atomic E-state index is 15.1. The Labute approximate surface area is 587 Å². The molecule has 21 rings (SSSR count). The summed E-state index contributed by atoms with van der Waals surface area (Å²) < 4.78 is 59.3. The molecule has 0 fully saturated rings. The van der Waals surface area contributed by atoms with Crippen molar-refractivity contribution in [3.63, 3.8) is 0 Å². The lowest BCUT2D eigenvalue weighted by Crippen LogP contribution is -2.05. The highest BCUT2D eigenvalue weighted by Crippen LogP contribution is 2.47. The maximum atomic E-state index is 15.1. The molecule has 0 bridgehead atoms. The molecule has 0 aliphatic heterocycles. The molecule has 15 aromatic carbocycles. The molecule has 6 heterocycles. The first-order valence-corrected chi connectivity index (χ1v) is 34.6. The van der Waals surface area contributed by atoms with Gasteiger partial charge in [-0.3, -0.25) is 0 Å². The Balaban J connectivity index is 0.863. The van der Waals surface area contributed by atoms with Gasteiger partial charge in [0, 0.05) is 98.5 Å². The Morgan fingerprint density at radius 3 is 0.883 bits per heavy atom. The summed E-state index contributed by atoms with van der Waals surface area (Å²) in [5.74, 6) is 0. The smallest absolute Gasteiger partial charge is 0.309 e. The molecule has 0 atom stereocenters. The highest BCUT2D eigenvalue weighted by molar-refractivity contribution is 6.17. The molecule has 0 saturated carbocycles. The number of hydrogen-bond donors (Lipinski definition) is 0. The third-order valence-electron chi connectivity index (χ3n) is 21.5. The van der Waals surface area contributed by atoms with Crippen LogP contribution in [0.2, 0.25) is 0 Å². The second kappa shape index (κ2) is 21.9. The third kappa shape index (κ3) is 8.63. The summed E-state index contributed by atoms with van der Waals surface area (Å²) in [5, 5.41) is 24.4. The van der Waals surface area contributed by atoms with Gasteiger partial charge in [0.15, 0.2) is 0 Å². The number of aromatic nitrogens is 6. The van der Waals surface area contributed by atoms with Gasteiger partial charge in [0.2, 0.25) is 0 Å². The van der Waals surface area contributed by atoms with E-state index in [2.05, 4.69) is 313 Å². The van der Waals surface area contributed by atoms with Crippen molar-refractivity contribution in [3.8, 4) is 62.4 Å². The monoisotopic (exact) mass is 1330 g/mol. The van der Waals surface area contributed by atoms with Crippen LogP contribution in [-0.2, 0) is 6.18 Å². The van der Waals surface area contributed by atoms with E-state index < -0.39 is 11.7 Å². The van der Waals surface area contributed by atoms with Gasteiger partial charge in [-0.05, 0) is 181 Å². The van der Waals surface area contributed by atoms with Crippen LogP contribution in [0.4, 0.5) is 13.2 Å². The van der Waals surface area contributed by atoms with Gasteiger partial charge in [0.1, 0.15) is 0 Å². The van der Waals surface area contributed by atoms with Crippen LogP contribution in [-0.4, -0.2) is 27.4 Å². The summed E-state index contributed by atoms with van der Waals surface area (Å²) in [4.78, 5) is 0. The molecule has 0 N–H and O–H groups in total. The Hall–Kier alpha value is -13.6. The average Bonchev–Trinajstić information content (AvgIpc) is 1.56. The van der Waals surface area contributed by atoms with Crippen molar-refractivity contribution in [2.24, 2.45) is 0 Å². The number of fused-ring (bicyclic) bond motifs is 18. The van der Waals surface area contributed by atoms with E-state index in [1.54, 1.807) is 6.92 Å². The lowest BCUT2D eigenvalue weighted by Gasteiger charge is -2.21. The molecule has 484 valence electrons. The zero-order chi connectivity index (χ0) is 68.5. The molecule has 0 radical (unpaired) electrons. The number of halogens is 3. The topological polar surface area (TPSA) is 53.4 Å². The molecule has 7 nitrogen and oxygen atoms in total. The van der Waals surface area contributed by atoms with Crippen LogP contribution < -0.4 is 0 Å². The first-order chi connectivity index (χ1) is 50.6. The van der Waals surface area contributed by atoms with Crippen LogP contribution in [0.25, 0.3) is 187 Å². The predicted octanol–water partition coefficient (Wildman–Crippen LogP) is 24.8. The van der Waals surface area contributed by atoms with Crippen molar-refractivity contribution < 1.29 is 13.2 Å². The molecule has 0 aliphatic rings. The minimum absolute atomic E-state index is 0.427. The Kier molecular flexibility index (Phi) is 12.4. The summed E-state index contributed by atoms with van der Waals surface area (Å²) in [6, 6.07) is 114. The quantitative estimate of drug-likeness (QED) is 0.150. The van der Waals surface area contributed by atoms with E-state index in [-0.39, 0.29) is 0 Å². The minimum Gasteiger partial charge on any atom is -0.309 e. The molecular weight excluding hydrogens is 1270 g/mol. The van der Waals surface area contributed by atoms with Crippen LogP contribution >= 0.6 is 0 Å². The second-order valence-corrected chi connectivity index (χ2v) is 27.1. The highest BCUT2D eigenvalue weighted by Gasteiger charge is 2.32. The summed E-state index contributed by atoms with van der Waals surface area (Å²) in [6.07, 6.45) is -4.59. The van der Waals surface area contributed by atoms with E-state index >= 15 is 13.2 Å². The summed E-state index contributed by atoms with van der Waals surface area (Å²) in [5.41, 5.74) is 20.5. The number of nitrogens with zero attached hydrogens (tertiary/aromatic N) is 7. The Bertz CT molecular complexity index is 6720. The van der Waals surface area contributed by atoms with Crippen molar-refractivity contribution in [2.75, 3.05) is 0 Å². The Morgan fingerprint density at radius 2 is 0.563 bits per heavy atom. The molecule has 0 saturated heterocycles. The second-order valence-electron chi connectivity index (χ2n) is 27.1. The van der Waals surface area contributed by atoms with Crippen LogP contribution in [0.15, 0.2) is 322 Å². The van der Waals surface area contributed by atoms with Gasteiger partial charge >= 0.3 is 6.18 Å². The normalized spacial score (nSPS) is 12.3. The number of alkyl halides is 3. The van der Waals surface area contributed by atoms with Crippen molar-refractivity contribution in [1.29, 1.82) is 5.26 Å². The molecule has 0 amide bonds. The lowest BCUT2D eigenvalue weighted by atomic mass is 9.93. The zero-order valence-corrected chi connectivity index (χ0v) is 55.4. The first kappa shape index (κ1) is 58.4. The Morgan fingerprint density at radius 1 is 0.252 bits per heavy atom. The van der Waals surface area contributed by atoms with Gasteiger partial charge in [-0.25, -0.2) is 0 Å². The zero-order valence-electron chi connectivity index (χ0n) is 55.4. The molecule has 6 aromatic heterocycles. The van der Waals surface area contributed by atoms with Gasteiger partial charge in [0.25, 0.3) is 0 Å². The summed E-state index contributed by atoms with van der Waals surface area (Å²) >= 11 is 0. The number of aryl methyl sites for hydroxylation is 1. The van der Waals surface area contributed by atoms with Crippen molar-refractivity contribution in [1.82, 2.24) is 27.4 Å². The third-order valence-corrected chi connectivity index (χ3v) is 21.5. The van der Waals surface area contributed by atoms with Crippen LogP contribution in [0.1, 0.15) is 16.7 Å². The first-order valence-electron chi connectivity index (χ1n) is 34.6. The largest absolute Gasteiger partial charge is 0.416 e. The predicted molar refractivity (Wildman–Crippen MR) is 418 cm³/mol. The molecule has 0 unspecified atom stereocenters. The van der Waals surface area contributed by atoms with Crippen molar-refractivity contribution in [3.05, 3.63) is 338 Å². The molecule has 0 spiro atoms. The summed E-state index contributed by atoms with van der Waals surface area (Å²) in [6.45, 7) is 1.72. The number of para-hydroxylation sites is 8. The van der Waals surface area contributed by atoms with E-state index in [9.17, 15) is 5.26 Å². The molecule has 103 heavy (non-hydrogen) atoms. The van der Waals surface area contributed by atoms with E-state index in [1.165, 1.54) is 12.1 Å². The van der Waals surface area contributed by atoms with Gasteiger partial charge in [-0.2, -0.15) is 18.4 Å². The number of hydrogen-bond acceptors (Lipinski definition) is 1. The average molecular weight is 1330 g/mol. The number of rotatable bonds is 8. The van der Waals surface area contributed by atoms with E-state index in [4.69, 9.17) is 0 Å². The van der Waals surface area contributed by atoms with Gasteiger partial charge in [-0.15, -0.1) is 0 Å². The van der Waals surface area contributed by atoms with Gasteiger partial charge < -0.3 is 27.4 Å². The van der Waals surface area contributed by atoms with Crippen molar-refractivity contribution in [2.45, 2.75) is 13.1 Å². The fourth-order valence-corrected chi connectivity index (χ4v) is 17.1. The standard InChI is InChI=1S/C93H56F3N7/c1-56-46-59(49-60(47-56)93(94,95)96)58-35-41-87(102-88-42-36-61(98-79-26-10-2-18-65(79)66-19-3-11-27-80(66)98)51-75(88)76-52-62(37-43-89(76)102)99-81-28-12-4-20-67(81)68-21-5-13-29-82(68)99)74(50-58)73-40-34-57(55-97)48-92(73)103-90-44-38-63(100-83-30-14-6-22-69(83)70-23-7-15-31-84(70)100)53-77(90)78-54-64(39-45-91(78)103)101-85-32-16-8-24-71(85)72-25-9-17-33-86(72)101/h2-54H,1H3. The van der Waals surface area contributed by atoms with Gasteiger partial charge in [-0.1, -0.05) is 164 Å². The number of nitriles is 1. The molecule has 10 heteroatoms. The van der Waals surface area contributed by atoms with Gasteiger partial charge in [0.05, 0.1) is 94.8 Å². The van der Waals surface area contributed by atoms with E-state index in [0.29, 0.717) is 22.3 Å². The SMILES string of the molecule is Cc1cc(-c2ccc(-n3c4ccc(-n5c6ccccc6c6ccccc65)cc4c4cc(-n5c6ccccc6c6ccccc65)ccc43)c(-c3ccc(C#N)cc3-n3c4ccc(-n5c6ccccc6c6ccccc65)cc4c4cc(-n5c6ccccc6c6ccccc65)ccc43)c2)cc(C(F)(F)F)c1. The maximum Gasteiger partial charge on any atom is 0.416 e. The van der Waals surface area contributed by atoms with E-state index in [1.807, 2.05) is 30.3 Å².